The minimum Gasteiger partial charge on any atom is -0.388 e. The lowest BCUT2D eigenvalue weighted by molar-refractivity contribution is -0.138. The Kier molecular flexibility index (Phi) is 2.74. The van der Waals surface area contributed by atoms with Crippen LogP contribution in [0.2, 0.25) is 0 Å². The van der Waals surface area contributed by atoms with Gasteiger partial charge in [0.1, 0.15) is 0 Å². The normalized spacial score (nSPS) is 46.1. The zero-order valence-corrected chi connectivity index (χ0v) is 10.9. The molecule has 1 unspecified atom stereocenters. The fraction of sp³-hybridized carbons (Fsp3) is 1.00. The van der Waals surface area contributed by atoms with Crippen molar-refractivity contribution in [3.05, 3.63) is 0 Å². The van der Waals surface area contributed by atoms with E-state index in [0.29, 0.717) is 5.92 Å². The zero-order chi connectivity index (χ0) is 12.1. The summed E-state index contributed by atoms with van der Waals surface area (Å²) in [6.45, 7) is 5.21. The standard InChI is InChI=1S/C13H25N3O/c1-15-8-4-12(17,5-9-15)13(14)10-16-6-2-11(13)3-7-16/h11,17H,2-10,14H2,1H3. The predicted octanol–water partition coefficient (Wildman–Crippen LogP) is -0.134. The van der Waals surface area contributed by atoms with Crippen LogP contribution in [-0.2, 0) is 0 Å². The van der Waals surface area contributed by atoms with Crippen molar-refractivity contribution in [2.24, 2.45) is 11.7 Å². The van der Waals surface area contributed by atoms with E-state index in [9.17, 15) is 5.11 Å². The Bertz CT molecular complexity index is 293. The summed E-state index contributed by atoms with van der Waals surface area (Å²) in [5, 5.41) is 11.0. The highest BCUT2D eigenvalue weighted by Crippen LogP contribution is 2.44. The summed E-state index contributed by atoms with van der Waals surface area (Å²) < 4.78 is 0. The Morgan fingerprint density at radius 1 is 1.12 bits per heavy atom. The molecule has 0 amide bonds. The Labute approximate surface area is 104 Å². The molecule has 3 N–H and O–H groups in total. The van der Waals surface area contributed by atoms with E-state index >= 15 is 0 Å². The Hall–Kier alpha value is -0.160. The SMILES string of the molecule is CN1CCC(O)(C2(N)CN3CCC2CC3)CC1. The molecule has 4 heterocycles. The lowest BCUT2D eigenvalue weighted by Gasteiger charge is -2.59. The van der Waals surface area contributed by atoms with Crippen LogP contribution < -0.4 is 5.73 Å². The largest absolute Gasteiger partial charge is 0.388 e. The van der Waals surface area contributed by atoms with Crippen LogP contribution in [0.5, 0.6) is 0 Å². The number of nitrogens with two attached hydrogens (primary N) is 1. The van der Waals surface area contributed by atoms with Crippen LogP contribution in [0.1, 0.15) is 25.7 Å². The second kappa shape index (κ2) is 3.92. The zero-order valence-electron chi connectivity index (χ0n) is 10.9. The minimum absolute atomic E-state index is 0.356. The number of aliphatic hydroxyl groups is 1. The highest BCUT2D eigenvalue weighted by molar-refractivity contribution is 5.14. The van der Waals surface area contributed by atoms with Crippen LogP contribution in [0.15, 0.2) is 0 Å². The Morgan fingerprint density at radius 3 is 2.18 bits per heavy atom. The van der Waals surface area contributed by atoms with Crippen molar-refractivity contribution in [1.29, 1.82) is 0 Å². The first-order chi connectivity index (χ1) is 8.03. The second-order valence-electron chi connectivity index (χ2n) is 6.43. The van der Waals surface area contributed by atoms with Crippen molar-refractivity contribution in [1.82, 2.24) is 9.80 Å². The van der Waals surface area contributed by atoms with E-state index in [2.05, 4.69) is 16.8 Å². The topological polar surface area (TPSA) is 52.7 Å². The molecule has 98 valence electrons. The fourth-order valence-corrected chi connectivity index (χ4v) is 4.09. The quantitative estimate of drug-likeness (QED) is 0.669. The average Bonchev–Trinajstić information content (AvgIpc) is 2.34. The summed E-state index contributed by atoms with van der Waals surface area (Å²) >= 11 is 0. The van der Waals surface area contributed by atoms with E-state index in [1.54, 1.807) is 0 Å². The summed E-state index contributed by atoms with van der Waals surface area (Å²) in [4.78, 5) is 4.73. The summed E-state index contributed by atoms with van der Waals surface area (Å²) in [6.07, 6.45) is 4.03. The highest BCUT2D eigenvalue weighted by Gasteiger charge is 2.56. The number of piperidine rings is 4. The van der Waals surface area contributed by atoms with Crippen molar-refractivity contribution < 1.29 is 5.11 Å². The van der Waals surface area contributed by atoms with Crippen molar-refractivity contribution in [2.45, 2.75) is 36.8 Å². The summed E-state index contributed by atoms with van der Waals surface area (Å²) in [5.74, 6) is 0.529. The molecule has 0 radical (unpaired) electrons. The smallest absolute Gasteiger partial charge is 0.0865 e. The van der Waals surface area contributed by atoms with E-state index in [1.807, 2.05) is 0 Å². The average molecular weight is 239 g/mol. The summed E-state index contributed by atoms with van der Waals surface area (Å²) in [7, 11) is 2.12. The first kappa shape index (κ1) is 11.9. The monoisotopic (exact) mass is 239 g/mol. The minimum atomic E-state index is -0.636. The molecule has 4 heteroatoms. The molecule has 1 atom stereocenters. The van der Waals surface area contributed by atoms with Gasteiger partial charge in [0.05, 0.1) is 11.1 Å². The number of fused-ring (bicyclic) bond motifs is 3. The van der Waals surface area contributed by atoms with Crippen molar-refractivity contribution in [2.75, 3.05) is 39.8 Å². The number of hydrogen-bond acceptors (Lipinski definition) is 4. The van der Waals surface area contributed by atoms with Crippen LogP contribution in [0.25, 0.3) is 0 Å². The molecule has 0 spiro atoms. The number of rotatable bonds is 1. The lowest BCUT2D eigenvalue weighted by Crippen LogP contribution is -2.75. The molecule has 0 aromatic rings. The Balaban J connectivity index is 1.82. The van der Waals surface area contributed by atoms with Gasteiger partial charge in [0.15, 0.2) is 0 Å². The molecule has 0 aromatic carbocycles. The summed E-state index contributed by atoms with van der Waals surface area (Å²) in [6, 6.07) is 0. The van der Waals surface area contributed by atoms with Gasteiger partial charge < -0.3 is 20.6 Å². The van der Waals surface area contributed by atoms with E-state index < -0.39 is 5.60 Å². The molecular weight excluding hydrogens is 214 g/mol. The molecule has 4 saturated heterocycles. The van der Waals surface area contributed by atoms with Crippen LogP contribution in [0.3, 0.4) is 0 Å². The molecular formula is C13H25N3O. The number of nitrogens with zero attached hydrogens (tertiary/aromatic N) is 2. The predicted molar refractivity (Wildman–Crippen MR) is 67.8 cm³/mol. The molecule has 0 aromatic heterocycles. The molecule has 4 nitrogen and oxygen atoms in total. The van der Waals surface area contributed by atoms with Gasteiger partial charge in [-0.3, -0.25) is 0 Å². The van der Waals surface area contributed by atoms with Crippen LogP contribution in [-0.4, -0.2) is 65.8 Å². The van der Waals surface area contributed by atoms with Gasteiger partial charge in [-0.1, -0.05) is 0 Å². The molecule has 4 aliphatic rings. The third-order valence-corrected chi connectivity index (χ3v) is 5.48. The maximum atomic E-state index is 11.0. The molecule has 4 fully saturated rings. The van der Waals surface area contributed by atoms with Gasteiger partial charge in [0.2, 0.25) is 0 Å². The molecule has 0 saturated carbocycles. The fourth-order valence-electron chi connectivity index (χ4n) is 4.09. The Morgan fingerprint density at radius 2 is 1.71 bits per heavy atom. The molecule has 4 rings (SSSR count). The highest BCUT2D eigenvalue weighted by atomic mass is 16.3. The van der Waals surface area contributed by atoms with Crippen molar-refractivity contribution in [3.8, 4) is 0 Å². The van der Waals surface area contributed by atoms with Gasteiger partial charge >= 0.3 is 0 Å². The molecule has 0 aliphatic carbocycles. The molecule has 2 bridgehead atoms. The van der Waals surface area contributed by atoms with Gasteiger partial charge in [-0.05, 0) is 51.7 Å². The third-order valence-electron chi connectivity index (χ3n) is 5.48. The second-order valence-corrected chi connectivity index (χ2v) is 6.43. The molecule has 4 aliphatic heterocycles. The third kappa shape index (κ3) is 1.73. The van der Waals surface area contributed by atoms with Crippen molar-refractivity contribution >= 4 is 0 Å². The van der Waals surface area contributed by atoms with E-state index in [4.69, 9.17) is 5.73 Å². The number of hydrogen-bond donors (Lipinski definition) is 2. The van der Waals surface area contributed by atoms with Crippen molar-refractivity contribution in [3.63, 3.8) is 0 Å². The number of likely N-dealkylation sites (tertiary alicyclic amines) is 1. The maximum Gasteiger partial charge on any atom is 0.0865 e. The van der Waals surface area contributed by atoms with Gasteiger partial charge in [-0.2, -0.15) is 0 Å². The first-order valence-corrected chi connectivity index (χ1v) is 6.96. The maximum absolute atomic E-state index is 11.0. The lowest BCUT2D eigenvalue weighted by atomic mass is 9.61. The van der Waals surface area contributed by atoms with E-state index in [1.165, 1.54) is 25.9 Å². The van der Waals surface area contributed by atoms with Gasteiger partial charge in [0, 0.05) is 19.6 Å². The van der Waals surface area contributed by atoms with E-state index in [0.717, 1.165) is 32.5 Å². The van der Waals surface area contributed by atoms with Crippen LogP contribution >= 0.6 is 0 Å². The van der Waals surface area contributed by atoms with Gasteiger partial charge in [-0.15, -0.1) is 0 Å². The first-order valence-electron chi connectivity index (χ1n) is 6.96. The van der Waals surface area contributed by atoms with Gasteiger partial charge in [0.25, 0.3) is 0 Å². The summed E-state index contributed by atoms with van der Waals surface area (Å²) in [5.41, 5.74) is 5.70. The van der Waals surface area contributed by atoms with E-state index in [-0.39, 0.29) is 5.54 Å². The van der Waals surface area contributed by atoms with Crippen LogP contribution in [0, 0.1) is 5.92 Å². The van der Waals surface area contributed by atoms with Crippen LogP contribution in [0.4, 0.5) is 0 Å². The van der Waals surface area contributed by atoms with Gasteiger partial charge in [-0.25, -0.2) is 0 Å². The molecule has 17 heavy (non-hydrogen) atoms.